The number of rotatable bonds is 7. The first-order valence-corrected chi connectivity index (χ1v) is 6.47. The Kier molecular flexibility index (Phi) is 3.84. The largest absolute Gasteiger partial charge is 0.396 e. The third kappa shape index (κ3) is 3.30. The molecule has 0 spiro atoms. The maximum absolute atomic E-state index is 9.31. The van der Waals surface area contributed by atoms with Gasteiger partial charge in [0.05, 0.1) is 6.54 Å². The summed E-state index contributed by atoms with van der Waals surface area (Å²) in [7, 11) is 0. The van der Waals surface area contributed by atoms with Gasteiger partial charge in [-0.2, -0.15) is 5.10 Å². The summed E-state index contributed by atoms with van der Waals surface area (Å²) in [5, 5.41) is 17.1. The summed E-state index contributed by atoms with van der Waals surface area (Å²) in [4.78, 5) is 0. The molecule has 1 unspecified atom stereocenters. The molecule has 0 radical (unpaired) electrons. The van der Waals surface area contributed by atoms with Crippen LogP contribution in [0.25, 0.3) is 0 Å². The normalized spacial score (nSPS) is 19.5. The van der Waals surface area contributed by atoms with E-state index in [0.29, 0.717) is 18.6 Å². The van der Waals surface area contributed by atoms with Gasteiger partial charge in [-0.05, 0) is 24.8 Å². The monoisotopic (exact) mass is 237 g/mol. The lowest BCUT2D eigenvalue weighted by Crippen LogP contribution is -2.41. The van der Waals surface area contributed by atoms with Crippen LogP contribution in [0.4, 0.5) is 0 Å². The number of nitrogens with zero attached hydrogens (tertiary/aromatic N) is 2. The van der Waals surface area contributed by atoms with Crippen LogP contribution in [-0.4, -0.2) is 34.1 Å². The van der Waals surface area contributed by atoms with Crippen molar-refractivity contribution in [2.45, 2.75) is 39.3 Å². The Labute approximate surface area is 103 Å². The van der Waals surface area contributed by atoms with E-state index >= 15 is 0 Å². The Hall–Kier alpha value is -0.870. The number of aromatic nitrogens is 2. The van der Waals surface area contributed by atoms with E-state index in [9.17, 15) is 5.11 Å². The molecule has 1 aromatic rings. The third-order valence-corrected chi connectivity index (χ3v) is 3.78. The molecule has 2 N–H and O–H groups in total. The van der Waals surface area contributed by atoms with E-state index in [1.165, 1.54) is 0 Å². The predicted molar refractivity (Wildman–Crippen MR) is 67.6 cm³/mol. The molecule has 2 rings (SSSR count). The predicted octanol–water partition coefficient (Wildman–Crippen LogP) is 1.27. The Morgan fingerprint density at radius 1 is 1.47 bits per heavy atom. The lowest BCUT2D eigenvalue weighted by atomic mass is 10.0. The number of hydrogen-bond donors (Lipinski definition) is 2. The van der Waals surface area contributed by atoms with Crippen LogP contribution in [0.2, 0.25) is 0 Å². The molecule has 1 saturated carbocycles. The highest BCUT2D eigenvalue weighted by Gasteiger charge is 2.42. The minimum atomic E-state index is 0.178. The number of aliphatic hydroxyl groups excluding tert-OH is 1. The quantitative estimate of drug-likeness (QED) is 0.751. The second-order valence-electron chi connectivity index (χ2n) is 5.62. The van der Waals surface area contributed by atoms with Crippen LogP contribution in [0, 0.1) is 11.3 Å². The van der Waals surface area contributed by atoms with Crippen LogP contribution in [-0.2, 0) is 6.54 Å². The van der Waals surface area contributed by atoms with Crippen molar-refractivity contribution in [1.82, 2.24) is 15.1 Å². The van der Waals surface area contributed by atoms with Crippen LogP contribution in [0.3, 0.4) is 0 Å². The Morgan fingerprint density at radius 2 is 2.24 bits per heavy atom. The van der Waals surface area contributed by atoms with Crippen molar-refractivity contribution in [3.63, 3.8) is 0 Å². The fourth-order valence-corrected chi connectivity index (χ4v) is 2.04. The molecule has 1 heterocycles. The first-order chi connectivity index (χ1) is 8.15. The SMILES string of the molecule is CC(C)C(Cn1cccn1)NCC1(CO)CC1. The molecule has 0 bridgehead atoms. The molecule has 1 aliphatic rings. The van der Waals surface area contributed by atoms with E-state index in [1.54, 1.807) is 0 Å². The standard InChI is InChI=1S/C13H23N3O/c1-11(2)12(8-16-7-3-6-15-16)14-9-13(10-17)4-5-13/h3,6-7,11-12,14,17H,4-5,8-10H2,1-2H3. The first kappa shape index (κ1) is 12.6. The van der Waals surface area contributed by atoms with Crippen LogP contribution >= 0.6 is 0 Å². The molecule has 4 nitrogen and oxygen atoms in total. The summed E-state index contributed by atoms with van der Waals surface area (Å²) >= 11 is 0. The summed E-state index contributed by atoms with van der Waals surface area (Å²) in [5.41, 5.74) is 0.178. The highest BCUT2D eigenvalue weighted by Crippen LogP contribution is 2.44. The van der Waals surface area contributed by atoms with E-state index < -0.39 is 0 Å². The average molecular weight is 237 g/mol. The molecule has 0 aliphatic heterocycles. The smallest absolute Gasteiger partial charge is 0.0565 e. The Balaban J connectivity index is 1.85. The van der Waals surface area contributed by atoms with Gasteiger partial charge in [-0.15, -0.1) is 0 Å². The van der Waals surface area contributed by atoms with Crippen molar-refractivity contribution in [3.05, 3.63) is 18.5 Å². The van der Waals surface area contributed by atoms with Crippen LogP contribution in [0.5, 0.6) is 0 Å². The molecule has 0 aromatic carbocycles. The Morgan fingerprint density at radius 3 is 2.71 bits per heavy atom. The molecule has 17 heavy (non-hydrogen) atoms. The van der Waals surface area contributed by atoms with Gasteiger partial charge in [0.1, 0.15) is 0 Å². The van der Waals surface area contributed by atoms with Crippen molar-refractivity contribution in [3.8, 4) is 0 Å². The maximum Gasteiger partial charge on any atom is 0.0565 e. The third-order valence-electron chi connectivity index (χ3n) is 3.78. The van der Waals surface area contributed by atoms with Crippen LogP contribution < -0.4 is 5.32 Å². The maximum atomic E-state index is 9.31. The van der Waals surface area contributed by atoms with Crippen molar-refractivity contribution in [2.75, 3.05) is 13.2 Å². The van der Waals surface area contributed by atoms with Gasteiger partial charge in [-0.25, -0.2) is 0 Å². The van der Waals surface area contributed by atoms with Crippen molar-refractivity contribution in [2.24, 2.45) is 11.3 Å². The molecule has 0 saturated heterocycles. The van der Waals surface area contributed by atoms with Gasteiger partial charge in [0.2, 0.25) is 0 Å². The fourth-order valence-electron chi connectivity index (χ4n) is 2.04. The first-order valence-electron chi connectivity index (χ1n) is 6.47. The molecular weight excluding hydrogens is 214 g/mol. The van der Waals surface area contributed by atoms with Gasteiger partial charge in [-0.1, -0.05) is 13.8 Å². The van der Waals surface area contributed by atoms with E-state index in [4.69, 9.17) is 0 Å². The van der Waals surface area contributed by atoms with E-state index in [-0.39, 0.29) is 5.41 Å². The summed E-state index contributed by atoms with van der Waals surface area (Å²) in [6, 6.07) is 2.37. The molecule has 0 amide bonds. The number of nitrogens with one attached hydrogen (secondary N) is 1. The average Bonchev–Trinajstić information content (AvgIpc) is 2.91. The van der Waals surface area contributed by atoms with Crippen LogP contribution in [0.15, 0.2) is 18.5 Å². The van der Waals surface area contributed by atoms with Gasteiger partial charge < -0.3 is 10.4 Å². The number of aliphatic hydroxyl groups is 1. The minimum Gasteiger partial charge on any atom is -0.396 e. The summed E-state index contributed by atoms with van der Waals surface area (Å²) in [6.45, 7) is 6.58. The van der Waals surface area contributed by atoms with Gasteiger partial charge in [0.15, 0.2) is 0 Å². The van der Waals surface area contributed by atoms with Crippen LogP contribution in [0.1, 0.15) is 26.7 Å². The molecule has 1 aliphatic carbocycles. The highest BCUT2D eigenvalue weighted by atomic mass is 16.3. The minimum absolute atomic E-state index is 0.178. The lowest BCUT2D eigenvalue weighted by Gasteiger charge is -2.25. The van der Waals surface area contributed by atoms with E-state index in [2.05, 4.69) is 24.3 Å². The second kappa shape index (κ2) is 5.19. The number of hydrogen-bond acceptors (Lipinski definition) is 3. The fraction of sp³-hybridized carbons (Fsp3) is 0.769. The van der Waals surface area contributed by atoms with Crippen molar-refractivity contribution < 1.29 is 5.11 Å². The van der Waals surface area contributed by atoms with E-state index in [0.717, 1.165) is 25.9 Å². The molecule has 1 fully saturated rings. The molecular formula is C13H23N3O. The van der Waals surface area contributed by atoms with Crippen molar-refractivity contribution >= 4 is 0 Å². The molecule has 1 atom stereocenters. The second-order valence-corrected chi connectivity index (χ2v) is 5.62. The van der Waals surface area contributed by atoms with Gasteiger partial charge >= 0.3 is 0 Å². The molecule has 4 heteroatoms. The van der Waals surface area contributed by atoms with Gasteiger partial charge in [-0.3, -0.25) is 4.68 Å². The zero-order valence-electron chi connectivity index (χ0n) is 10.8. The van der Waals surface area contributed by atoms with Gasteiger partial charge in [0, 0.05) is 37.0 Å². The lowest BCUT2D eigenvalue weighted by molar-refractivity contribution is 0.196. The van der Waals surface area contributed by atoms with Crippen molar-refractivity contribution in [1.29, 1.82) is 0 Å². The van der Waals surface area contributed by atoms with Gasteiger partial charge in [0.25, 0.3) is 0 Å². The summed E-state index contributed by atoms with van der Waals surface area (Å²) < 4.78 is 1.97. The summed E-state index contributed by atoms with van der Waals surface area (Å²) in [6.07, 6.45) is 6.12. The zero-order chi connectivity index (χ0) is 12.3. The zero-order valence-corrected chi connectivity index (χ0v) is 10.8. The molecule has 1 aromatic heterocycles. The molecule has 96 valence electrons. The highest BCUT2D eigenvalue weighted by molar-refractivity contribution is 4.95. The summed E-state index contributed by atoms with van der Waals surface area (Å²) in [5.74, 6) is 0.564. The topological polar surface area (TPSA) is 50.1 Å². The Bertz CT molecular complexity index is 330. The van der Waals surface area contributed by atoms with E-state index in [1.807, 2.05) is 23.1 Å².